The van der Waals surface area contributed by atoms with Crippen LogP contribution in [-0.4, -0.2) is 50.6 Å². The summed E-state index contributed by atoms with van der Waals surface area (Å²) in [6.45, 7) is -0.117. The Hall–Kier alpha value is -2.97. The summed E-state index contributed by atoms with van der Waals surface area (Å²) in [5, 5.41) is 9.23. The van der Waals surface area contributed by atoms with Gasteiger partial charge in [-0.1, -0.05) is 12.1 Å². The lowest BCUT2D eigenvalue weighted by atomic mass is 10.1. The van der Waals surface area contributed by atoms with Crippen LogP contribution < -0.4 is 19.1 Å². The second kappa shape index (κ2) is 9.02. The number of benzene rings is 2. The first-order valence-corrected chi connectivity index (χ1v) is 9.77. The van der Waals surface area contributed by atoms with Gasteiger partial charge in [0.05, 0.1) is 44.1 Å². The van der Waals surface area contributed by atoms with Gasteiger partial charge in [-0.15, -0.1) is 11.8 Å². The number of ether oxygens (including phenoxy) is 3. The van der Waals surface area contributed by atoms with Gasteiger partial charge in [-0.05, 0) is 29.8 Å². The van der Waals surface area contributed by atoms with Crippen molar-refractivity contribution in [2.45, 2.75) is 0 Å². The number of carbonyl (C=O) groups excluding carboxylic acids is 2. The summed E-state index contributed by atoms with van der Waals surface area (Å²) in [6.07, 6.45) is 0. The van der Waals surface area contributed by atoms with E-state index in [0.717, 1.165) is 16.7 Å². The normalized spacial score (nSPS) is 13.9. The molecule has 2 aromatic carbocycles. The summed E-state index contributed by atoms with van der Waals surface area (Å²) in [5.41, 5.74) is 1.21. The molecule has 152 valence electrons. The van der Waals surface area contributed by atoms with E-state index in [0.29, 0.717) is 28.5 Å². The van der Waals surface area contributed by atoms with Crippen LogP contribution in [0.15, 0.2) is 47.4 Å². The van der Waals surface area contributed by atoms with Crippen LogP contribution in [-0.2, 0) is 9.59 Å². The van der Waals surface area contributed by atoms with E-state index in [1.807, 2.05) is 0 Å². The first-order valence-electron chi connectivity index (χ1n) is 8.78. The molecule has 0 aliphatic carbocycles. The number of imide groups is 1. The number of anilines is 1. The van der Waals surface area contributed by atoms with E-state index >= 15 is 0 Å². The van der Waals surface area contributed by atoms with Gasteiger partial charge in [0.2, 0.25) is 0 Å². The molecule has 0 bridgehead atoms. The van der Waals surface area contributed by atoms with Gasteiger partial charge in [0.15, 0.2) is 11.5 Å². The van der Waals surface area contributed by atoms with Crippen molar-refractivity contribution in [1.29, 1.82) is 0 Å². The van der Waals surface area contributed by atoms with E-state index < -0.39 is 11.8 Å². The molecule has 8 heteroatoms. The molecule has 29 heavy (non-hydrogen) atoms. The Morgan fingerprint density at radius 1 is 0.931 bits per heavy atom. The smallest absolute Gasteiger partial charge is 0.272 e. The van der Waals surface area contributed by atoms with Gasteiger partial charge in [-0.3, -0.25) is 9.59 Å². The molecule has 0 unspecified atom stereocenters. The van der Waals surface area contributed by atoms with Gasteiger partial charge in [-0.25, -0.2) is 4.90 Å². The zero-order chi connectivity index (χ0) is 21.0. The molecule has 7 nitrogen and oxygen atoms in total. The number of aliphatic hydroxyl groups is 1. The second-order valence-electron chi connectivity index (χ2n) is 5.99. The molecular formula is C21H21NO6S. The maximum atomic E-state index is 13.3. The lowest BCUT2D eigenvalue weighted by molar-refractivity contribution is -0.119. The Bertz CT molecular complexity index is 971. The number of methoxy groups -OCH3 is 3. The first kappa shape index (κ1) is 20.8. The summed E-state index contributed by atoms with van der Waals surface area (Å²) in [7, 11) is 4.54. The van der Waals surface area contributed by atoms with Gasteiger partial charge in [0.25, 0.3) is 11.8 Å². The molecular weight excluding hydrogens is 394 g/mol. The van der Waals surface area contributed by atoms with E-state index in [2.05, 4.69) is 0 Å². The van der Waals surface area contributed by atoms with E-state index in [-0.39, 0.29) is 22.8 Å². The van der Waals surface area contributed by atoms with Crippen molar-refractivity contribution in [3.63, 3.8) is 0 Å². The van der Waals surface area contributed by atoms with Crippen LogP contribution in [0.5, 0.6) is 17.2 Å². The van der Waals surface area contributed by atoms with Crippen molar-refractivity contribution in [3.8, 4) is 17.2 Å². The third-order valence-electron chi connectivity index (χ3n) is 4.36. The van der Waals surface area contributed by atoms with E-state index in [1.165, 1.54) is 21.3 Å². The molecule has 0 radical (unpaired) electrons. The fourth-order valence-electron chi connectivity index (χ4n) is 3.02. The summed E-state index contributed by atoms with van der Waals surface area (Å²) in [4.78, 5) is 27.8. The lowest BCUT2D eigenvalue weighted by Gasteiger charge is -2.16. The van der Waals surface area contributed by atoms with Gasteiger partial charge in [0.1, 0.15) is 5.75 Å². The van der Waals surface area contributed by atoms with Crippen LogP contribution in [0.1, 0.15) is 5.56 Å². The van der Waals surface area contributed by atoms with Crippen molar-refractivity contribution in [2.75, 3.05) is 38.6 Å². The Labute approximate surface area is 172 Å². The third-order valence-corrected chi connectivity index (χ3v) is 5.42. The standard InChI is InChI=1S/C21H21NO6S/c1-26-15-6-4-5-14(12-15)22-20(24)18(19(21(22)25)29-10-9-23)13-7-8-16(27-2)17(11-13)28-3/h4-8,11-12,23H,9-10H2,1-3H3. The zero-order valence-electron chi connectivity index (χ0n) is 16.3. The monoisotopic (exact) mass is 415 g/mol. The Morgan fingerprint density at radius 2 is 1.69 bits per heavy atom. The quantitative estimate of drug-likeness (QED) is 0.664. The number of hydrogen-bond donors (Lipinski definition) is 1. The van der Waals surface area contributed by atoms with Crippen LogP contribution in [0.25, 0.3) is 5.57 Å². The summed E-state index contributed by atoms with van der Waals surface area (Å²) >= 11 is 1.14. The fourth-order valence-corrected chi connectivity index (χ4v) is 3.88. The van der Waals surface area contributed by atoms with Gasteiger partial charge in [-0.2, -0.15) is 0 Å². The molecule has 0 aromatic heterocycles. The average molecular weight is 415 g/mol. The van der Waals surface area contributed by atoms with Crippen molar-refractivity contribution in [3.05, 3.63) is 52.9 Å². The number of nitrogens with zero attached hydrogens (tertiary/aromatic N) is 1. The molecule has 3 rings (SSSR count). The van der Waals surface area contributed by atoms with E-state index in [9.17, 15) is 14.7 Å². The van der Waals surface area contributed by atoms with Gasteiger partial charge < -0.3 is 19.3 Å². The average Bonchev–Trinajstić information content (AvgIpc) is 3.00. The Kier molecular flexibility index (Phi) is 6.46. The maximum absolute atomic E-state index is 13.3. The number of amides is 2. The summed E-state index contributed by atoms with van der Waals surface area (Å²) in [5.74, 6) is 0.901. The van der Waals surface area contributed by atoms with Crippen molar-refractivity contribution < 1.29 is 28.9 Å². The molecule has 0 atom stereocenters. The van der Waals surface area contributed by atoms with E-state index in [1.54, 1.807) is 42.5 Å². The molecule has 0 spiro atoms. The number of carbonyl (C=O) groups is 2. The fraction of sp³-hybridized carbons (Fsp3) is 0.238. The van der Waals surface area contributed by atoms with Gasteiger partial charge >= 0.3 is 0 Å². The van der Waals surface area contributed by atoms with Crippen LogP contribution in [0.4, 0.5) is 5.69 Å². The SMILES string of the molecule is COc1cccc(N2C(=O)C(SCCO)=C(c3ccc(OC)c(OC)c3)C2=O)c1. The number of hydrogen-bond acceptors (Lipinski definition) is 7. The summed E-state index contributed by atoms with van der Waals surface area (Å²) in [6, 6.07) is 11.8. The maximum Gasteiger partial charge on any atom is 0.272 e. The molecule has 0 saturated carbocycles. The van der Waals surface area contributed by atoms with Crippen LogP contribution >= 0.6 is 11.8 Å². The predicted octanol–water partition coefficient (Wildman–Crippen LogP) is 2.72. The highest BCUT2D eigenvalue weighted by Gasteiger charge is 2.40. The number of thioether (sulfide) groups is 1. The molecule has 0 saturated heterocycles. The minimum absolute atomic E-state index is 0.117. The van der Waals surface area contributed by atoms with E-state index in [4.69, 9.17) is 14.2 Å². The highest BCUT2D eigenvalue weighted by molar-refractivity contribution is 8.04. The highest BCUT2D eigenvalue weighted by Crippen LogP contribution is 2.41. The predicted molar refractivity (Wildman–Crippen MR) is 111 cm³/mol. The topological polar surface area (TPSA) is 85.3 Å². The van der Waals surface area contributed by atoms with Crippen LogP contribution in [0.3, 0.4) is 0 Å². The summed E-state index contributed by atoms with van der Waals surface area (Å²) < 4.78 is 15.8. The molecule has 0 fully saturated rings. The Morgan fingerprint density at radius 3 is 2.34 bits per heavy atom. The Balaban J connectivity index is 2.10. The van der Waals surface area contributed by atoms with Crippen LogP contribution in [0.2, 0.25) is 0 Å². The van der Waals surface area contributed by atoms with Crippen molar-refractivity contribution in [2.24, 2.45) is 0 Å². The molecule has 1 aliphatic rings. The molecule has 1 N–H and O–H groups in total. The second-order valence-corrected chi connectivity index (χ2v) is 7.10. The zero-order valence-corrected chi connectivity index (χ0v) is 17.1. The number of rotatable bonds is 8. The van der Waals surface area contributed by atoms with Crippen LogP contribution in [0, 0.1) is 0 Å². The number of aliphatic hydroxyl groups excluding tert-OH is 1. The highest BCUT2D eigenvalue weighted by atomic mass is 32.2. The molecule has 1 aliphatic heterocycles. The van der Waals surface area contributed by atoms with Crippen molar-refractivity contribution >= 4 is 34.8 Å². The third kappa shape index (κ3) is 3.94. The van der Waals surface area contributed by atoms with Gasteiger partial charge in [0, 0.05) is 11.8 Å². The lowest BCUT2D eigenvalue weighted by Crippen LogP contribution is -2.31. The van der Waals surface area contributed by atoms with Crippen molar-refractivity contribution in [1.82, 2.24) is 0 Å². The minimum atomic E-state index is -0.448. The molecule has 2 amide bonds. The first-order chi connectivity index (χ1) is 14.0. The largest absolute Gasteiger partial charge is 0.497 e. The molecule has 1 heterocycles. The minimum Gasteiger partial charge on any atom is -0.497 e. The molecule has 2 aromatic rings.